The first-order valence-electron chi connectivity index (χ1n) is 7.72. The Labute approximate surface area is 122 Å². The van der Waals surface area contributed by atoms with Gasteiger partial charge in [0.1, 0.15) is 11.9 Å². The van der Waals surface area contributed by atoms with Crippen LogP contribution < -0.4 is 4.74 Å². The van der Waals surface area contributed by atoms with E-state index in [9.17, 15) is 5.11 Å². The zero-order valence-electron chi connectivity index (χ0n) is 12.9. The summed E-state index contributed by atoms with van der Waals surface area (Å²) < 4.78 is 6.16. The second-order valence-electron chi connectivity index (χ2n) is 5.95. The maximum Gasteiger partial charge on any atom is 0.122 e. The second kappa shape index (κ2) is 7.09. The van der Waals surface area contributed by atoms with Crippen molar-refractivity contribution in [1.82, 2.24) is 4.90 Å². The topological polar surface area (TPSA) is 32.7 Å². The molecule has 0 saturated carbocycles. The molecule has 1 N–H and O–H groups in total. The Morgan fingerprint density at radius 2 is 2.00 bits per heavy atom. The highest BCUT2D eigenvalue weighted by atomic mass is 16.5. The molecule has 1 aromatic rings. The van der Waals surface area contributed by atoms with Crippen LogP contribution in [0.1, 0.15) is 37.3 Å². The molecule has 0 radical (unpaired) electrons. The number of ether oxygens (including phenoxy) is 1. The fourth-order valence-corrected chi connectivity index (χ4v) is 2.65. The molecular formula is C17H27NO2. The maximum absolute atomic E-state index is 9.71. The van der Waals surface area contributed by atoms with Crippen LogP contribution in [0, 0.1) is 13.8 Å². The molecule has 0 amide bonds. The third-order valence-corrected chi connectivity index (χ3v) is 4.11. The van der Waals surface area contributed by atoms with Gasteiger partial charge in [0.25, 0.3) is 0 Å². The van der Waals surface area contributed by atoms with E-state index >= 15 is 0 Å². The number of aliphatic hydroxyl groups is 1. The second-order valence-corrected chi connectivity index (χ2v) is 5.95. The van der Waals surface area contributed by atoms with Gasteiger partial charge >= 0.3 is 0 Å². The van der Waals surface area contributed by atoms with Crippen molar-refractivity contribution < 1.29 is 9.84 Å². The largest absolute Gasteiger partial charge is 0.490 e. The lowest BCUT2D eigenvalue weighted by Gasteiger charge is -2.33. The van der Waals surface area contributed by atoms with E-state index in [2.05, 4.69) is 36.9 Å². The van der Waals surface area contributed by atoms with Crippen molar-refractivity contribution in [1.29, 1.82) is 0 Å². The van der Waals surface area contributed by atoms with Gasteiger partial charge in [-0.15, -0.1) is 0 Å². The summed E-state index contributed by atoms with van der Waals surface area (Å²) in [5.74, 6) is 1.03. The van der Waals surface area contributed by atoms with Gasteiger partial charge < -0.3 is 14.7 Å². The van der Waals surface area contributed by atoms with E-state index < -0.39 is 0 Å². The summed E-state index contributed by atoms with van der Waals surface area (Å²) in [6, 6.07) is 6.37. The first-order chi connectivity index (χ1) is 9.58. The summed E-state index contributed by atoms with van der Waals surface area (Å²) in [6.45, 7) is 9.06. The summed E-state index contributed by atoms with van der Waals surface area (Å²) in [4.78, 5) is 2.34. The van der Waals surface area contributed by atoms with Crippen molar-refractivity contribution in [2.45, 2.75) is 52.2 Å². The fraction of sp³-hybridized carbons (Fsp3) is 0.647. The summed E-state index contributed by atoms with van der Waals surface area (Å²) in [5, 5.41) is 9.71. The van der Waals surface area contributed by atoms with E-state index in [1.807, 2.05) is 6.92 Å². The number of aliphatic hydroxyl groups excluding tert-OH is 1. The van der Waals surface area contributed by atoms with Crippen molar-refractivity contribution in [2.24, 2.45) is 0 Å². The molecule has 3 heteroatoms. The molecule has 0 aromatic heterocycles. The van der Waals surface area contributed by atoms with Crippen molar-refractivity contribution in [3.05, 3.63) is 29.3 Å². The Kier molecular flexibility index (Phi) is 5.44. The Morgan fingerprint density at radius 1 is 1.30 bits per heavy atom. The monoisotopic (exact) mass is 277 g/mol. The Morgan fingerprint density at radius 3 is 2.65 bits per heavy atom. The smallest absolute Gasteiger partial charge is 0.122 e. The van der Waals surface area contributed by atoms with Gasteiger partial charge in [-0.05, 0) is 50.3 Å². The number of benzene rings is 1. The molecule has 1 aromatic carbocycles. The van der Waals surface area contributed by atoms with Gasteiger partial charge in [-0.25, -0.2) is 0 Å². The highest BCUT2D eigenvalue weighted by Gasteiger charge is 2.22. The first-order valence-corrected chi connectivity index (χ1v) is 7.72. The van der Waals surface area contributed by atoms with Gasteiger partial charge in [0.05, 0.1) is 6.10 Å². The maximum atomic E-state index is 9.71. The molecule has 1 atom stereocenters. The summed E-state index contributed by atoms with van der Waals surface area (Å²) in [7, 11) is 0. The Hall–Kier alpha value is -1.06. The van der Waals surface area contributed by atoms with Gasteiger partial charge in [-0.2, -0.15) is 0 Å². The molecule has 1 fully saturated rings. The van der Waals surface area contributed by atoms with Crippen LogP contribution in [-0.4, -0.2) is 41.8 Å². The molecule has 1 saturated heterocycles. The first kappa shape index (κ1) is 15.3. The van der Waals surface area contributed by atoms with Crippen molar-refractivity contribution in [3.8, 4) is 5.75 Å². The molecule has 0 aliphatic carbocycles. The minimum Gasteiger partial charge on any atom is -0.490 e. The Balaban J connectivity index is 1.84. The van der Waals surface area contributed by atoms with Gasteiger partial charge in [0.15, 0.2) is 0 Å². The van der Waals surface area contributed by atoms with Crippen LogP contribution in [0.4, 0.5) is 0 Å². The van der Waals surface area contributed by atoms with Crippen LogP contribution in [0.2, 0.25) is 0 Å². The number of nitrogens with zero attached hydrogens (tertiary/aromatic N) is 1. The molecule has 0 unspecified atom stereocenters. The lowest BCUT2D eigenvalue weighted by molar-refractivity contribution is 0.0597. The minimum absolute atomic E-state index is 0.188. The number of rotatable bonds is 5. The van der Waals surface area contributed by atoms with Crippen LogP contribution in [0.3, 0.4) is 0 Å². The molecule has 1 aliphatic rings. The average Bonchev–Trinajstić information content (AvgIpc) is 2.45. The predicted molar refractivity (Wildman–Crippen MR) is 82.3 cm³/mol. The fourth-order valence-electron chi connectivity index (χ4n) is 2.65. The average molecular weight is 277 g/mol. The number of hydrogen-bond donors (Lipinski definition) is 1. The van der Waals surface area contributed by atoms with Gasteiger partial charge in [0, 0.05) is 19.6 Å². The highest BCUT2D eigenvalue weighted by Crippen LogP contribution is 2.24. The molecule has 20 heavy (non-hydrogen) atoms. The van der Waals surface area contributed by atoms with E-state index in [1.165, 1.54) is 11.1 Å². The Bertz CT molecular complexity index is 425. The lowest BCUT2D eigenvalue weighted by Crippen LogP contribution is -2.41. The summed E-state index contributed by atoms with van der Waals surface area (Å²) in [5.41, 5.74) is 2.45. The number of aryl methyl sites for hydroxylation is 2. The molecule has 1 aliphatic heterocycles. The van der Waals surface area contributed by atoms with Crippen LogP contribution in [-0.2, 0) is 0 Å². The van der Waals surface area contributed by atoms with Crippen LogP contribution in [0.25, 0.3) is 0 Å². The van der Waals surface area contributed by atoms with E-state index in [4.69, 9.17) is 4.74 Å². The van der Waals surface area contributed by atoms with Crippen LogP contribution in [0.5, 0.6) is 5.75 Å². The number of likely N-dealkylation sites (tertiary alicyclic amines) is 1. The zero-order chi connectivity index (χ0) is 14.5. The van der Waals surface area contributed by atoms with Crippen LogP contribution >= 0.6 is 0 Å². The summed E-state index contributed by atoms with van der Waals surface area (Å²) in [6.07, 6.45) is 3.05. The number of hydrogen-bond acceptors (Lipinski definition) is 3. The third kappa shape index (κ3) is 4.22. The predicted octanol–water partition coefficient (Wildman–Crippen LogP) is 2.92. The van der Waals surface area contributed by atoms with Crippen LogP contribution in [0.15, 0.2) is 18.2 Å². The molecule has 0 bridgehead atoms. The van der Waals surface area contributed by atoms with E-state index in [0.29, 0.717) is 6.10 Å². The molecule has 1 heterocycles. The SMILES string of the molecule is CC[C@@H](O)CN1CCC(Oc2cc(C)ccc2C)CC1. The van der Waals surface area contributed by atoms with E-state index in [0.717, 1.165) is 44.6 Å². The van der Waals surface area contributed by atoms with Gasteiger partial charge in [0.2, 0.25) is 0 Å². The van der Waals surface area contributed by atoms with Crippen molar-refractivity contribution >= 4 is 0 Å². The number of β-amino-alcohol motifs (C(OH)–C–C–N with tert-alkyl or cyclic N) is 1. The normalized spacial score (nSPS) is 19.0. The molecule has 2 rings (SSSR count). The van der Waals surface area contributed by atoms with Gasteiger partial charge in [-0.3, -0.25) is 0 Å². The molecule has 112 valence electrons. The van der Waals surface area contributed by atoms with E-state index in [1.54, 1.807) is 0 Å². The molecule has 3 nitrogen and oxygen atoms in total. The number of piperidine rings is 1. The quantitative estimate of drug-likeness (QED) is 0.898. The van der Waals surface area contributed by atoms with Crippen molar-refractivity contribution in [2.75, 3.05) is 19.6 Å². The lowest BCUT2D eigenvalue weighted by atomic mass is 10.1. The third-order valence-electron chi connectivity index (χ3n) is 4.11. The minimum atomic E-state index is -0.188. The van der Waals surface area contributed by atoms with Crippen molar-refractivity contribution in [3.63, 3.8) is 0 Å². The molecule has 0 spiro atoms. The van der Waals surface area contributed by atoms with Gasteiger partial charge in [-0.1, -0.05) is 19.1 Å². The zero-order valence-corrected chi connectivity index (χ0v) is 12.9. The highest BCUT2D eigenvalue weighted by molar-refractivity contribution is 5.36. The standard InChI is InChI=1S/C17H27NO2/c1-4-15(19)12-18-9-7-16(8-10-18)20-17-11-13(2)5-6-14(17)3/h5-6,11,15-16,19H,4,7-10,12H2,1-3H3/t15-/m1/s1. The van der Waals surface area contributed by atoms with E-state index in [-0.39, 0.29) is 6.10 Å². The molecular weight excluding hydrogens is 250 g/mol. The summed E-state index contributed by atoms with van der Waals surface area (Å²) >= 11 is 0.